The van der Waals surface area contributed by atoms with E-state index in [1.54, 1.807) is 6.07 Å². The monoisotopic (exact) mass is 332 g/mol. The average Bonchev–Trinajstić information content (AvgIpc) is 2.56. The molecule has 0 N–H and O–H groups in total. The second-order valence-corrected chi connectivity index (χ2v) is 5.57. The van der Waals surface area contributed by atoms with Crippen LogP contribution in [0.1, 0.15) is 33.6 Å². The second kappa shape index (κ2) is 8.43. The summed E-state index contributed by atoms with van der Waals surface area (Å²) in [7, 11) is 1.53. The Bertz CT molecular complexity index is 758. The number of hydrogen-bond acceptors (Lipinski definition) is 5. The Morgan fingerprint density at radius 1 is 1.21 bits per heavy atom. The molecule has 2 aromatic rings. The third-order valence-electron chi connectivity index (χ3n) is 3.32. The maximum atomic E-state index is 12.4. The van der Waals surface area contributed by atoms with Gasteiger partial charge in [0, 0.05) is 0 Å². The molecule has 1 aromatic heterocycles. The van der Waals surface area contributed by atoms with E-state index in [-0.39, 0.29) is 11.9 Å². The molecule has 0 bridgehead atoms. The van der Waals surface area contributed by atoms with Crippen LogP contribution in [0.3, 0.4) is 0 Å². The van der Waals surface area contributed by atoms with Gasteiger partial charge in [-0.2, -0.15) is 0 Å². The largest absolute Gasteiger partial charge is 0.493 e. The molecule has 0 saturated carbocycles. The summed E-state index contributed by atoms with van der Waals surface area (Å²) in [6.07, 6.45) is 5.70. The van der Waals surface area contributed by atoms with E-state index in [9.17, 15) is 4.79 Å². The van der Waals surface area contributed by atoms with Crippen LogP contribution >= 0.6 is 0 Å². The highest BCUT2D eigenvalue weighted by Gasteiger charge is 2.20. The zero-order valence-corrected chi connectivity index (χ0v) is 14.6. The molecule has 1 heterocycles. The molecule has 0 saturated heterocycles. The van der Waals surface area contributed by atoms with E-state index in [2.05, 4.69) is 19.1 Å². The standard InChI is InChI=1S/C19H24O5/c1-5-6-7-8-12-22-17-14-10-9-11-15(21-4)16(14)24-19(20)18(17)23-13(2)3/h6-7,9-11,13H,5,8,12H2,1-4H3. The van der Waals surface area contributed by atoms with Gasteiger partial charge in [-0.05, 0) is 38.8 Å². The number of benzene rings is 1. The summed E-state index contributed by atoms with van der Waals surface area (Å²) < 4.78 is 22.2. The van der Waals surface area contributed by atoms with Crippen LogP contribution in [0, 0.1) is 0 Å². The van der Waals surface area contributed by atoms with Crippen molar-refractivity contribution >= 4 is 11.0 Å². The Morgan fingerprint density at radius 2 is 2.00 bits per heavy atom. The van der Waals surface area contributed by atoms with Gasteiger partial charge in [0.05, 0.1) is 25.2 Å². The molecule has 0 aliphatic carbocycles. The second-order valence-electron chi connectivity index (χ2n) is 5.57. The van der Waals surface area contributed by atoms with E-state index in [0.29, 0.717) is 29.1 Å². The summed E-state index contributed by atoms with van der Waals surface area (Å²) in [5.41, 5.74) is -0.208. The van der Waals surface area contributed by atoms with E-state index < -0.39 is 5.63 Å². The maximum Gasteiger partial charge on any atom is 0.383 e. The van der Waals surface area contributed by atoms with Crippen molar-refractivity contribution in [3.63, 3.8) is 0 Å². The number of hydrogen-bond donors (Lipinski definition) is 0. The molecule has 5 heteroatoms. The van der Waals surface area contributed by atoms with Gasteiger partial charge >= 0.3 is 5.63 Å². The molecule has 0 aliphatic rings. The first kappa shape index (κ1) is 17.9. The molecule has 1 aromatic carbocycles. The van der Waals surface area contributed by atoms with Crippen LogP contribution in [0.25, 0.3) is 11.0 Å². The molecule has 0 fully saturated rings. The van der Waals surface area contributed by atoms with Gasteiger partial charge in [-0.3, -0.25) is 0 Å². The first-order valence-electron chi connectivity index (χ1n) is 8.16. The highest BCUT2D eigenvalue weighted by atomic mass is 16.5. The summed E-state index contributed by atoms with van der Waals surface area (Å²) in [5.74, 6) is 0.986. The van der Waals surface area contributed by atoms with E-state index >= 15 is 0 Å². The van der Waals surface area contributed by atoms with Gasteiger partial charge in [-0.1, -0.05) is 25.1 Å². The van der Waals surface area contributed by atoms with Gasteiger partial charge in [-0.25, -0.2) is 4.79 Å². The summed E-state index contributed by atoms with van der Waals surface area (Å²) in [6, 6.07) is 5.39. The molecule has 0 radical (unpaired) electrons. The number of allylic oxidation sites excluding steroid dienone is 1. The van der Waals surface area contributed by atoms with Gasteiger partial charge in [0.2, 0.25) is 5.75 Å². The third-order valence-corrected chi connectivity index (χ3v) is 3.32. The summed E-state index contributed by atoms with van der Waals surface area (Å²) in [4.78, 5) is 12.4. The lowest BCUT2D eigenvalue weighted by Gasteiger charge is -2.16. The fourth-order valence-electron chi connectivity index (χ4n) is 2.31. The average molecular weight is 332 g/mol. The molecule has 0 unspecified atom stereocenters. The Balaban J connectivity index is 2.49. The SMILES string of the molecule is CCC=CCCOc1c(OC(C)C)c(=O)oc2c(OC)cccc12. The summed E-state index contributed by atoms with van der Waals surface area (Å²) in [6.45, 7) is 6.22. The number of fused-ring (bicyclic) bond motifs is 1. The van der Waals surface area contributed by atoms with E-state index in [1.165, 1.54) is 7.11 Å². The van der Waals surface area contributed by atoms with Crippen LogP contribution in [0.2, 0.25) is 0 Å². The van der Waals surface area contributed by atoms with Crippen LogP contribution in [0.15, 0.2) is 39.6 Å². The van der Waals surface area contributed by atoms with Crippen LogP contribution in [-0.4, -0.2) is 19.8 Å². The molecule has 0 amide bonds. The normalized spacial score (nSPS) is 11.4. The van der Waals surface area contributed by atoms with Crippen LogP contribution in [-0.2, 0) is 0 Å². The maximum absolute atomic E-state index is 12.4. The van der Waals surface area contributed by atoms with Crippen molar-refractivity contribution in [2.24, 2.45) is 0 Å². The van der Waals surface area contributed by atoms with Crippen LogP contribution < -0.4 is 19.8 Å². The molecule has 24 heavy (non-hydrogen) atoms. The third kappa shape index (κ3) is 4.10. The molecule has 0 aliphatic heterocycles. The van der Waals surface area contributed by atoms with E-state index in [0.717, 1.165) is 12.8 Å². The zero-order valence-electron chi connectivity index (χ0n) is 14.6. The van der Waals surface area contributed by atoms with Crippen LogP contribution in [0.5, 0.6) is 17.2 Å². The van der Waals surface area contributed by atoms with Crippen molar-refractivity contribution in [3.8, 4) is 17.2 Å². The first-order valence-corrected chi connectivity index (χ1v) is 8.16. The minimum Gasteiger partial charge on any atom is -0.493 e. The lowest BCUT2D eigenvalue weighted by Crippen LogP contribution is -2.15. The Hall–Kier alpha value is -2.43. The van der Waals surface area contributed by atoms with Gasteiger partial charge in [-0.15, -0.1) is 0 Å². The Kier molecular flexibility index (Phi) is 6.29. The van der Waals surface area contributed by atoms with Gasteiger partial charge in [0.15, 0.2) is 17.1 Å². The minimum atomic E-state index is -0.570. The number of ether oxygens (including phenoxy) is 3. The van der Waals surface area contributed by atoms with Gasteiger partial charge in [0.1, 0.15) is 0 Å². The molecular formula is C19H24O5. The smallest absolute Gasteiger partial charge is 0.383 e. The highest BCUT2D eigenvalue weighted by Crippen LogP contribution is 2.37. The van der Waals surface area contributed by atoms with Crippen molar-refractivity contribution in [2.45, 2.75) is 39.7 Å². The number of rotatable bonds is 8. The lowest BCUT2D eigenvalue weighted by molar-refractivity contribution is 0.212. The first-order chi connectivity index (χ1) is 11.6. The Labute approximate surface area is 141 Å². The molecule has 5 nitrogen and oxygen atoms in total. The van der Waals surface area contributed by atoms with Gasteiger partial charge in [0.25, 0.3) is 0 Å². The predicted molar refractivity (Wildman–Crippen MR) is 94.3 cm³/mol. The summed E-state index contributed by atoms with van der Waals surface area (Å²) >= 11 is 0. The summed E-state index contributed by atoms with van der Waals surface area (Å²) in [5, 5.41) is 0.657. The highest BCUT2D eigenvalue weighted by molar-refractivity contribution is 5.89. The fourth-order valence-corrected chi connectivity index (χ4v) is 2.31. The molecular weight excluding hydrogens is 308 g/mol. The van der Waals surface area contributed by atoms with Crippen LogP contribution in [0.4, 0.5) is 0 Å². The Morgan fingerprint density at radius 3 is 2.67 bits per heavy atom. The van der Waals surface area contributed by atoms with E-state index in [1.807, 2.05) is 26.0 Å². The minimum absolute atomic E-state index is 0.102. The molecule has 0 atom stereocenters. The number of para-hydroxylation sites is 1. The number of methoxy groups -OCH3 is 1. The molecule has 2 rings (SSSR count). The van der Waals surface area contributed by atoms with Crippen molar-refractivity contribution < 1.29 is 18.6 Å². The quantitative estimate of drug-likeness (QED) is 0.409. The topological polar surface area (TPSA) is 57.9 Å². The van der Waals surface area contributed by atoms with E-state index in [4.69, 9.17) is 18.6 Å². The van der Waals surface area contributed by atoms with Crippen molar-refractivity contribution in [2.75, 3.05) is 13.7 Å². The molecule has 0 spiro atoms. The van der Waals surface area contributed by atoms with Crippen molar-refractivity contribution in [3.05, 3.63) is 40.8 Å². The lowest BCUT2D eigenvalue weighted by atomic mass is 10.2. The molecule has 130 valence electrons. The predicted octanol–water partition coefficient (Wildman–Crippen LogP) is 4.32. The fraction of sp³-hybridized carbons (Fsp3) is 0.421. The zero-order chi connectivity index (χ0) is 17.5. The van der Waals surface area contributed by atoms with Crippen molar-refractivity contribution in [1.29, 1.82) is 0 Å². The van der Waals surface area contributed by atoms with Gasteiger partial charge < -0.3 is 18.6 Å². The van der Waals surface area contributed by atoms with Crippen molar-refractivity contribution in [1.82, 2.24) is 0 Å².